The summed E-state index contributed by atoms with van der Waals surface area (Å²) >= 11 is 2.80. The van der Waals surface area contributed by atoms with Crippen molar-refractivity contribution < 1.29 is 38.1 Å². The van der Waals surface area contributed by atoms with Crippen LogP contribution in [0.3, 0.4) is 0 Å². The van der Waals surface area contributed by atoms with E-state index < -0.39 is 11.9 Å². The van der Waals surface area contributed by atoms with Gasteiger partial charge < -0.3 is 38.2 Å². The Balaban J connectivity index is 0.000000502. The largest absolute Gasteiger partial charge is 0.461 e. The Labute approximate surface area is 308 Å². The molecule has 0 unspecified atom stereocenters. The molecular weight excluding hydrogens is 678 g/mol. The highest BCUT2D eigenvalue weighted by molar-refractivity contribution is 7.10. The molecular formula is C34H56B2N4O8S2. The van der Waals surface area contributed by atoms with Crippen LogP contribution >= 0.6 is 22.7 Å². The van der Waals surface area contributed by atoms with E-state index in [1.165, 1.54) is 30.1 Å². The lowest BCUT2D eigenvalue weighted by atomic mass is 9.85. The summed E-state index contributed by atoms with van der Waals surface area (Å²) in [5.74, 6) is -0.154. The van der Waals surface area contributed by atoms with Gasteiger partial charge in [0.25, 0.3) is 14.8 Å². The molecule has 2 radical (unpaired) electrons. The Kier molecular flexibility index (Phi) is 23.2. The van der Waals surface area contributed by atoms with Crippen molar-refractivity contribution in [3.8, 4) is 0 Å². The Morgan fingerprint density at radius 1 is 0.740 bits per heavy atom. The van der Waals surface area contributed by atoms with Crippen LogP contribution in [0.25, 0.3) is 0 Å². The Bertz CT molecular complexity index is 1270. The third-order valence-electron chi connectivity index (χ3n) is 7.73. The number of nitrogens with zero attached hydrogens (tertiary/aromatic N) is 4. The summed E-state index contributed by atoms with van der Waals surface area (Å²) in [6.45, 7) is 20.5. The fourth-order valence-electron chi connectivity index (χ4n) is 5.38. The molecule has 2 aromatic rings. The molecule has 0 aliphatic rings. The van der Waals surface area contributed by atoms with Crippen LogP contribution in [-0.4, -0.2) is 111 Å². The van der Waals surface area contributed by atoms with Gasteiger partial charge in [-0.2, -0.15) is 0 Å². The van der Waals surface area contributed by atoms with Crippen LogP contribution in [0.4, 0.5) is 0 Å². The van der Waals surface area contributed by atoms with Crippen molar-refractivity contribution >= 4 is 61.8 Å². The van der Waals surface area contributed by atoms with Gasteiger partial charge in [0, 0.05) is 36.1 Å². The molecule has 50 heavy (non-hydrogen) atoms. The van der Waals surface area contributed by atoms with Crippen molar-refractivity contribution in [1.29, 1.82) is 0 Å². The zero-order valence-electron chi connectivity index (χ0n) is 31.5. The molecule has 278 valence electrons. The number of thiazole rings is 2. The van der Waals surface area contributed by atoms with E-state index in [0.29, 0.717) is 62.5 Å². The van der Waals surface area contributed by atoms with E-state index in [-0.39, 0.29) is 24.3 Å². The maximum Gasteiger partial charge on any atom is 0.357 e. The Morgan fingerprint density at radius 3 is 1.54 bits per heavy atom. The van der Waals surface area contributed by atoms with Gasteiger partial charge in [0.1, 0.15) is 22.2 Å². The SMILES string of the molecule is CCCN([B]C=O)[C@@H](C[C@H](OCC)c1nc(C(=O)OCC)cs1)C(C)C.CCOC(=O)c1csc([C@H](C[C@@H](C(C)C)N(C)[B]C=O)OCC)n1. The van der Waals surface area contributed by atoms with Crippen LogP contribution in [0.15, 0.2) is 10.8 Å². The molecule has 2 rings (SSSR count). The molecule has 2 aromatic heterocycles. The van der Waals surface area contributed by atoms with Gasteiger partial charge in [0.05, 0.1) is 25.6 Å². The summed E-state index contributed by atoms with van der Waals surface area (Å²) in [5, 5.41) is 4.93. The van der Waals surface area contributed by atoms with E-state index in [2.05, 4.69) is 49.4 Å². The number of hydrogen-bond donors (Lipinski definition) is 0. The quantitative estimate of drug-likeness (QED) is 0.0723. The summed E-state index contributed by atoms with van der Waals surface area (Å²) in [5.41, 5.74) is 0.637. The molecule has 16 heteroatoms. The van der Waals surface area contributed by atoms with Gasteiger partial charge in [0.15, 0.2) is 11.4 Å². The van der Waals surface area contributed by atoms with E-state index in [9.17, 15) is 19.2 Å². The normalized spacial score (nSPS) is 13.7. The molecule has 12 nitrogen and oxygen atoms in total. The molecule has 0 spiro atoms. The summed E-state index contributed by atoms with van der Waals surface area (Å²) in [6, 6.07) is 0.272. The number of rotatable bonds is 24. The van der Waals surface area contributed by atoms with Gasteiger partial charge in [0.2, 0.25) is 0 Å². The summed E-state index contributed by atoms with van der Waals surface area (Å²) in [4.78, 5) is 58.3. The molecule has 0 fully saturated rings. The van der Waals surface area contributed by atoms with Gasteiger partial charge in [-0.1, -0.05) is 34.6 Å². The number of esters is 2. The smallest absolute Gasteiger partial charge is 0.357 e. The first-order valence-electron chi connectivity index (χ1n) is 17.5. The van der Waals surface area contributed by atoms with Gasteiger partial charge in [-0.3, -0.25) is 0 Å². The summed E-state index contributed by atoms with van der Waals surface area (Å²) in [6.07, 6.45) is 3.51. The van der Waals surface area contributed by atoms with Gasteiger partial charge in [-0.25, -0.2) is 19.6 Å². The molecule has 0 N–H and O–H groups in total. The Hall–Kier alpha value is -2.49. The molecule has 0 aliphatic carbocycles. The van der Waals surface area contributed by atoms with Gasteiger partial charge in [-0.05, 0) is 72.4 Å². The van der Waals surface area contributed by atoms with Crippen molar-refractivity contribution in [1.82, 2.24) is 19.6 Å². The maximum atomic E-state index is 11.9. The van der Waals surface area contributed by atoms with Crippen LogP contribution in [0.5, 0.6) is 0 Å². The third kappa shape index (κ3) is 15.4. The molecule has 4 atom stereocenters. The highest BCUT2D eigenvalue weighted by Crippen LogP contribution is 2.31. The molecule has 0 aliphatic heterocycles. The van der Waals surface area contributed by atoms with Crippen LogP contribution in [0.1, 0.15) is 125 Å². The Morgan fingerprint density at radius 2 is 1.18 bits per heavy atom. The highest BCUT2D eigenvalue weighted by Gasteiger charge is 2.29. The number of ether oxygens (including phenoxy) is 4. The second-order valence-corrected chi connectivity index (χ2v) is 13.8. The monoisotopic (exact) mass is 734 g/mol. The third-order valence-corrected chi connectivity index (χ3v) is 9.60. The first-order chi connectivity index (χ1) is 23.9. The minimum absolute atomic E-state index is 0.127. The van der Waals surface area contributed by atoms with Crippen molar-refractivity contribution in [2.75, 3.05) is 40.0 Å². The maximum absolute atomic E-state index is 11.9. The molecule has 0 amide bonds. The zero-order chi connectivity index (χ0) is 37.6. The number of carbonyl (C=O) groups is 4. The van der Waals surface area contributed by atoms with Crippen molar-refractivity contribution in [2.45, 2.75) is 106 Å². The first-order valence-corrected chi connectivity index (χ1v) is 19.2. The van der Waals surface area contributed by atoms with Crippen LogP contribution in [0, 0.1) is 11.8 Å². The second kappa shape index (κ2) is 25.5. The number of carbonyl (C=O) groups excluding carboxylic acids is 4. The first kappa shape index (κ1) is 45.5. The molecule has 2 heterocycles. The topological polar surface area (TPSA) is 137 Å². The van der Waals surface area contributed by atoms with Crippen molar-refractivity contribution in [3.63, 3.8) is 0 Å². The summed E-state index contributed by atoms with van der Waals surface area (Å²) < 4.78 is 21.8. The standard InChI is InChI=1S/C18H30BN2O4S.C16H26BN2O4S/c1-6-9-21(19-12-22)15(13(4)5)10-16(24-7-2)17-20-14(11-26-17)18(23)25-8-3;1-6-22-14(8-13(11(3)4)19(5)17-10-20)15-18-12(9-24-15)16(21)23-7-2/h11-13,15-16H,6-10H2,1-5H3;9-11,13-14H,6-8H2,1-5H3/t15-,16-;13-,14-/m00/s1. The molecule has 0 saturated carbocycles. The lowest BCUT2D eigenvalue weighted by Gasteiger charge is -2.35. The van der Waals surface area contributed by atoms with Gasteiger partial charge in [-0.15, -0.1) is 22.7 Å². The van der Waals surface area contributed by atoms with Crippen LogP contribution in [-0.2, 0) is 28.5 Å². The van der Waals surface area contributed by atoms with E-state index in [1.54, 1.807) is 32.0 Å². The average Bonchev–Trinajstić information content (AvgIpc) is 3.77. The average molecular weight is 735 g/mol. The fourth-order valence-corrected chi connectivity index (χ4v) is 7.08. The minimum atomic E-state index is -0.415. The van der Waals surface area contributed by atoms with E-state index in [1.807, 2.05) is 25.7 Å². The lowest BCUT2D eigenvalue weighted by Crippen LogP contribution is -2.43. The van der Waals surface area contributed by atoms with E-state index in [4.69, 9.17) is 18.9 Å². The van der Waals surface area contributed by atoms with Crippen molar-refractivity contribution in [3.05, 3.63) is 32.2 Å². The number of hydrogen-bond acceptors (Lipinski definition) is 14. The molecule has 0 aromatic carbocycles. The highest BCUT2D eigenvalue weighted by atomic mass is 32.1. The van der Waals surface area contributed by atoms with E-state index in [0.717, 1.165) is 35.4 Å². The predicted octanol–water partition coefficient (Wildman–Crippen LogP) is 5.89. The van der Waals surface area contributed by atoms with Gasteiger partial charge >= 0.3 is 11.9 Å². The number of aromatic nitrogens is 2. The minimum Gasteiger partial charge on any atom is -0.461 e. The molecule has 0 saturated heterocycles. The predicted molar refractivity (Wildman–Crippen MR) is 201 cm³/mol. The lowest BCUT2D eigenvalue weighted by molar-refractivity contribution is 0.0337. The van der Waals surface area contributed by atoms with Crippen LogP contribution < -0.4 is 0 Å². The fraction of sp³-hybridized carbons (Fsp3) is 0.706. The van der Waals surface area contributed by atoms with Crippen LogP contribution in [0.2, 0.25) is 0 Å². The van der Waals surface area contributed by atoms with E-state index >= 15 is 0 Å². The molecule has 0 bridgehead atoms. The zero-order valence-corrected chi connectivity index (χ0v) is 33.1. The van der Waals surface area contributed by atoms with Crippen molar-refractivity contribution in [2.24, 2.45) is 11.8 Å². The second-order valence-electron chi connectivity index (χ2n) is 12.0. The summed E-state index contributed by atoms with van der Waals surface area (Å²) in [7, 11) is 5.02.